The molecule has 0 aliphatic carbocycles. The molecule has 2 heterocycles. The Morgan fingerprint density at radius 2 is 2.22 bits per heavy atom. The number of carbonyl (C=O) groups excluding carboxylic acids is 1. The van der Waals surface area contributed by atoms with Crippen molar-refractivity contribution in [3.05, 3.63) is 0 Å². The van der Waals surface area contributed by atoms with E-state index in [1.807, 2.05) is 0 Å². The van der Waals surface area contributed by atoms with Crippen molar-refractivity contribution in [2.24, 2.45) is 0 Å². The average molecular weight is 266 g/mol. The molecule has 2 saturated heterocycles. The van der Waals surface area contributed by atoms with Gasteiger partial charge in [-0.2, -0.15) is 13.2 Å². The quantitative estimate of drug-likeness (QED) is 0.772. The van der Waals surface area contributed by atoms with Gasteiger partial charge in [-0.1, -0.05) is 0 Å². The number of nitrogens with one attached hydrogen (secondary N) is 1. The first-order valence-electron chi connectivity index (χ1n) is 6.12. The molecular weight excluding hydrogens is 249 g/mol. The fraction of sp³-hybridized carbons (Fsp3) is 0.909. The van der Waals surface area contributed by atoms with Gasteiger partial charge in [-0.3, -0.25) is 4.79 Å². The lowest BCUT2D eigenvalue weighted by Crippen LogP contribution is -2.48. The standard InChI is InChI=1S/C11H17F3N2O2/c12-11(13,14)10(18)3-5-16(7-10)9(17)6-8-2-1-4-15-8/h8,15,18H,1-7H2. The first kappa shape index (κ1) is 13.6. The Balaban J connectivity index is 1.90. The lowest BCUT2D eigenvalue weighted by atomic mass is 10.0. The van der Waals surface area contributed by atoms with Crippen LogP contribution in [-0.2, 0) is 4.79 Å². The molecule has 0 aromatic heterocycles. The van der Waals surface area contributed by atoms with E-state index in [4.69, 9.17) is 0 Å². The van der Waals surface area contributed by atoms with Gasteiger partial charge in [-0.05, 0) is 19.4 Å². The minimum Gasteiger partial charge on any atom is -0.379 e. The topological polar surface area (TPSA) is 52.6 Å². The molecular formula is C11H17F3N2O2. The number of halogens is 3. The lowest BCUT2D eigenvalue weighted by molar-refractivity contribution is -0.253. The van der Waals surface area contributed by atoms with Crippen LogP contribution < -0.4 is 5.32 Å². The largest absolute Gasteiger partial charge is 0.419 e. The number of hydrogen-bond donors (Lipinski definition) is 2. The summed E-state index contributed by atoms with van der Waals surface area (Å²) in [6, 6.07) is 0.0667. The van der Waals surface area contributed by atoms with Crippen LogP contribution in [0, 0.1) is 0 Å². The molecule has 0 saturated carbocycles. The van der Waals surface area contributed by atoms with Gasteiger partial charge >= 0.3 is 6.18 Å². The predicted octanol–water partition coefficient (Wildman–Crippen LogP) is 0.654. The highest BCUT2D eigenvalue weighted by Crippen LogP contribution is 2.37. The van der Waals surface area contributed by atoms with Crippen LogP contribution in [0.15, 0.2) is 0 Å². The van der Waals surface area contributed by atoms with E-state index in [1.165, 1.54) is 0 Å². The van der Waals surface area contributed by atoms with Gasteiger partial charge in [0.1, 0.15) is 0 Å². The third-order valence-corrected chi connectivity index (χ3v) is 3.71. The van der Waals surface area contributed by atoms with Crippen LogP contribution in [-0.4, -0.2) is 53.4 Å². The minimum atomic E-state index is -4.67. The van der Waals surface area contributed by atoms with E-state index in [9.17, 15) is 23.1 Å². The van der Waals surface area contributed by atoms with E-state index in [0.717, 1.165) is 24.3 Å². The van der Waals surface area contributed by atoms with Crippen LogP contribution in [0.2, 0.25) is 0 Å². The molecule has 2 unspecified atom stereocenters. The molecule has 104 valence electrons. The number of carbonyl (C=O) groups is 1. The lowest BCUT2D eigenvalue weighted by Gasteiger charge is -2.26. The third-order valence-electron chi connectivity index (χ3n) is 3.71. The number of amides is 1. The summed E-state index contributed by atoms with van der Waals surface area (Å²) in [5.74, 6) is -0.311. The third kappa shape index (κ3) is 2.61. The molecule has 2 aliphatic heterocycles. The Labute approximate surface area is 103 Å². The van der Waals surface area contributed by atoms with Crippen molar-refractivity contribution in [1.29, 1.82) is 0 Å². The Kier molecular flexibility index (Phi) is 3.55. The van der Waals surface area contributed by atoms with Crippen LogP contribution in [0.4, 0.5) is 13.2 Å². The second-order valence-corrected chi connectivity index (χ2v) is 5.09. The van der Waals surface area contributed by atoms with Crippen LogP contribution in [0.3, 0.4) is 0 Å². The molecule has 1 amide bonds. The van der Waals surface area contributed by atoms with E-state index in [-0.39, 0.29) is 24.9 Å². The zero-order chi connectivity index (χ0) is 13.4. The molecule has 2 atom stereocenters. The van der Waals surface area contributed by atoms with Gasteiger partial charge in [0.05, 0.1) is 6.54 Å². The van der Waals surface area contributed by atoms with Gasteiger partial charge in [0.15, 0.2) is 5.60 Å². The van der Waals surface area contributed by atoms with E-state index in [1.54, 1.807) is 0 Å². The monoisotopic (exact) mass is 266 g/mol. The molecule has 2 N–H and O–H groups in total. The van der Waals surface area contributed by atoms with Crippen molar-refractivity contribution in [2.45, 2.75) is 43.5 Å². The number of β-amino-alcohol motifs (C(OH)–C–C–N with tert-alkyl or cyclic N) is 1. The van der Waals surface area contributed by atoms with E-state index >= 15 is 0 Å². The first-order chi connectivity index (χ1) is 8.32. The molecule has 2 rings (SSSR count). The molecule has 0 bridgehead atoms. The second-order valence-electron chi connectivity index (χ2n) is 5.09. The maximum atomic E-state index is 12.6. The molecule has 18 heavy (non-hydrogen) atoms. The van der Waals surface area contributed by atoms with Crippen molar-refractivity contribution >= 4 is 5.91 Å². The van der Waals surface area contributed by atoms with Gasteiger partial charge < -0.3 is 15.3 Å². The number of hydrogen-bond acceptors (Lipinski definition) is 3. The highest BCUT2D eigenvalue weighted by atomic mass is 19.4. The zero-order valence-corrected chi connectivity index (χ0v) is 9.96. The maximum Gasteiger partial charge on any atom is 0.419 e. The fourth-order valence-electron chi connectivity index (χ4n) is 2.51. The van der Waals surface area contributed by atoms with Crippen molar-refractivity contribution in [3.8, 4) is 0 Å². The fourth-order valence-corrected chi connectivity index (χ4v) is 2.51. The zero-order valence-electron chi connectivity index (χ0n) is 9.96. The summed E-state index contributed by atoms with van der Waals surface area (Å²) in [7, 11) is 0. The Morgan fingerprint density at radius 3 is 2.72 bits per heavy atom. The highest BCUT2D eigenvalue weighted by molar-refractivity contribution is 5.77. The molecule has 7 heteroatoms. The maximum absolute atomic E-state index is 12.6. The highest BCUT2D eigenvalue weighted by Gasteiger charge is 2.57. The molecule has 0 aromatic rings. The van der Waals surface area contributed by atoms with Crippen LogP contribution >= 0.6 is 0 Å². The number of rotatable bonds is 2. The van der Waals surface area contributed by atoms with E-state index < -0.39 is 24.7 Å². The summed E-state index contributed by atoms with van der Waals surface area (Å²) in [6.45, 7) is 0.189. The molecule has 4 nitrogen and oxygen atoms in total. The van der Waals surface area contributed by atoms with Crippen molar-refractivity contribution in [3.63, 3.8) is 0 Å². The van der Waals surface area contributed by atoms with Gasteiger partial charge in [-0.15, -0.1) is 0 Å². The summed E-state index contributed by atoms with van der Waals surface area (Å²) in [5, 5.41) is 12.6. The van der Waals surface area contributed by atoms with Gasteiger partial charge in [0.2, 0.25) is 5.91 Å². The number of likely N-dealkylation sites (tertiary alicyclic amines) is 1. The van der Waals surface area contributed by atoms with Gasteiger partial charge in [0, 0.05) is 25.4 Å². The van der Waals surface area contributed by atoms with Crippen molar-refractivity contribution < 1.29 is 23.1 Å². The summed E-state index contributed by atoms with van der Waals surface area (Å²) in [5.41, 5.74) is -2.73. The van der Waals surface area contributed by atoms with Gasteiger partial charge in [0.25, 0.3) is 0 Å². The smallest absolute Gasteiger partial charge is 0.379 e. The SMILES string of the molecule is O=C(CC1CCCN1)N1CCC(O)(C(F)(F)F)C1. The Bertz CT molecular complexity index is 329. The van der Waals surface area contributed by atoms with Crippen molar-refractivity contribution in [2.75, 3.05) is 19.6 Å². The van der Waals surface area contributed by atoms with Gasteiger partial charge in [-0.25, -0.2) is 0 Å². The van der Waals surface area contributed by atoms with Crippen LogP contribution in [0.5, 0.6) is 0 Å². The summed E-state index contributed by atoms with van der Waals surface area (Å²) >= 11 is 0. The number of alkyl halides is 3. The average Bonchev–Trinajstić information content (AvgIpc) is 2.86. The molecule has 0 radical (unpaired) electrons. The molecule has 0 aromatic carbocycles. The summed E-state index contributed by atoms with van der Waals surface area (Å²) in [6.07, 6.45) is -3.02. The number of aliphatic hydroxyl groups is 1. The van der Waals surface area contributed by atoms with Crippen molar-refractivity contribution in [1.82, 2.24) is 10.2 Å². The Hall–Kier alpha value is -0.820. The molecule has 2 fully saturated rings. The molecule has 2 aliphatic rings. The first-order valence-corrected chi connectivity index (χ1v) is 6.12. The molecule has 0 spiro atoms. The minimum absolute atomic E-state index is 0.0262. The van der Waals surface area contributed by atoms with E-state index in [0.29, 0.717) is 0 Å². The normalized spacial score (nSPS) is 33.1. The predicted molar refractivity (Wildman–Crippen MR) is 57.8 cm³/mol. The van der Waals surface area contributed by atoms with E-state index in [2.05, 4.69) is 5.32 Å². The van der Waals surface area contributed by atoms with Crippen LogP contribution in [0.25, 0.3) is 0 Å². The summed E-state index contributed by atoms with van der Waals surface area (Å²) in [4.78, 5) is 12.9. The van der Waals surface area contributed by atoms with Crippen LogP contribution in [0.1, 0.15) is 25.7 Å². The summed E-state index contributed by atoms with van der Waals surface area (Å²) < 4.78 is 37.8. The Morgan fingerprint density at radius 1 is 1.50 bits per heavy atom. The number of nitrogens with zero attached hydrogens (tertiary/aromatic N) is 1. The second kappa shape index (κ2) is 4.70.